The van der Waals surface area contributed by atoms with Gasteiger partial charge in [-0.15, -0.1) is 0 Å². The first kappa shape index (κ1) is 17.4. The topological polar surface area (TPSA) is 54.0 Å². The van der Waals surface area contributed by atoms with Crippen molar-refractivity contribution in [3.05, 3.63) is 45.5 Å². The van der Waals surface area contributed by atoms with E-state index in [4.69, 9.17) is 18.9 Å². The molecule has 0 N–H and O–H groups in total. The second-order valence-corrected chi connectivity index (χ2v) is 5.88. The minimum Gasteiger partial charge on any atom is -0.493 e. The van der Waals surface area contributed by atoms with Crippen molar-refractivity contribution in [1.29, 1.82) is 0 Å². The molecule has 0 atom stereocenters. The summed E-state index contributed by atoms with van der Waals surface area (Å²) in [4.78, 5) is 12.1. The zero-order valence-corrected chi connectivity index (χ0v) is 15.2. The Morgan fingerprint density at radius 2 is 1.52 bits per heavy atom. The highest BCUT2D eigenvalue weighted by Gasteiger charge is 2.15. The van der Waals surface area contributed by atoms with E-state index in [0.29, 0.717) is 23.0 Å². The Morgan fingerprint density at radius 1 is 0.957 bits per heavy atom. The van der Waals surface area contributed by atoms with Gasteiger partial charge in [0.2, 0.25) is 5.75 Å². The molecule has 0 aliphatic heterocycles. The Labute approximate surface area is 148 Å². The summed E-state index contributed by atoms with van der Waals surface area (Å²) in [6.45, 7) is 0. The zero-order valence-electron chi connectivity index (χ0n) is 13.1. The van der Waals surface area contributed by atoms with Crippen LogP contribution in [0.1, 0.15) is 5.56 Å². The molecule has 0 amide bonds. The van der Waals surface area contributed by atoms with E-state index in [1.54, 1.807) is 24.3 Å². The summed E-state index contributed by atoms with van der Waals surface area (Å²) in [5, 5.41) is 0. The number of hydrogen-bond acceptors (Lipinski definition) is 5. The maximum Gasteiger partial charge on any atom is 0.315 e. The van der Waals surface area contributed by atoms with E-state index >= 15 is 0 Å². The molecule has 23 heavy (non-hydrogen) atoms. The molecule has 0 saturated carbocycles. The highest BCUT2D eigenvalue weighted by atomic mass is 127. The Morgan fingerprint density at radius 3 is 2.00 bits per heavy atom. The summed E-state index contributed by atoms with van der Waals surface area (Å²) in [7, 11) is 4.60. The van der Waals surface area contributed by atoms with Crippen molar-refractivity contribution in [2.45, 2.75) is 6.42 Å². The van der Waals surface area contributed by atoms with E-state index in [1.807, 2.05) is 12.1 Å². The predicted molar refractivity (Wildman–Crippen MR) is 94.6 cm³/mol. The predicted octanol–water partition coefficient (Wildman–Crippen LogP) is 3.47. The average molecular weight is 428 g/mol. The molecule has 2 aromatic carbocycles. The molecule has 0 aliphatic rings. The number of hydrogen-bond donors (Lipinski definition) is 0. The van der Waals surface area contributed by atoms with Crippen molar-refractivity contribution in [2.75, 3.05) is 21.3 Å². The molecule has 0 aromatic heterocycles. The van der Waals surface area contributed by atoms with Gasteiger partial charge < -0.3 is 18.9 Å². The normalized spacial score (nSPS) is 10.1. The first-order chi connectivity index (χ1) is 11.1. The van der Waals surface area contributed by atoms with Crippen molar-refractivity contribution in [1.82, 2.24) is 0 Å². The molecule has 5 nitrogen and oxygen atoms in total. The molecule has 122 valence electrons. The number of methoxy groups -OCH3 is 3. The van der Waals surface area contributed by atoms with Gasteiger partial charge >= 0.3 is 5.97 Å². The van der Waals surface area contributed by atoms with Crippen LogP contribution in [0.3, 0.4) is 0 Å². The molecule has 0 saturated heterocycles. The number of carbonyl (C=O) groups excluding carboxylic acids is 1. The van der Waals surface area contributed by atoms with Gasteiger partial charge in [-0.25, -0.2) is 0 Å². The smallest absolute Gasteiger partial charge is 0.315 e. The van der Waals surface area contributed by atoms with Crippen LogP contribution in [-0.4, -0.2) is 27.3 Å². The lowest BCUT2D eigenvalue weighted by molar-refractivity contribution is -0.133. The van der Waals surface area contributed by atoms with Crippen LogP contribution >= 0.6 is 22.6 Å². The molecule has 0 spiro atoms. The number of rotatable bonds is 6. The number of ether oxygens (including phenoxy) is 4. The van der Waals surface area contributed by atoms with Gasteiger partial charge in [0.15, 0.2) is 11.5 Å². The third-order valence-electron chi connectivity index (χ3n) is 3.12. The molecule has 2 rings (SSSR count). The summed E-state index contributed by atoms with van der Waals surface area (Å²) >= 11 is 2.19. The summed E-state index contributed by atoms with van der Waals surface area (Å²) in [5.74, 6) is 1.65. The lowest BCUT2D eigenvalue weighted by Gasteiger charge is -2.14. The molecule has 0 aliphatic carbocycles. The highest BCUT2D eigenvalue weighted by molar-refractivity contribution is 14.1. The molecule has 0 radical (unpaired) electrons. The maximum atomic E-state index is 12.1. The van der Waals surface area contributed by atoms with Gasteiger partial charge in [-0.3, -0.25) is 4.79 Å². The largest absolute Gasteiger partial charge is 0.493 e. The molecular formula is C17H17IO5. The quantitative estimate of drug-likeness (QED) is 0.401. The van der Waals surface area contributed by atoms with Crippen LogP contribution in [0, 0.1) is 3.57 Å². The minimum atomic E-state index is -0.361. The lowest BCUT2D eigenvalue weighted by Crippen LogP contribution is -2.11. The van der Waals surface area contributed by atoms with Gasteiger partial charge in [0.1, 0.15) is 5.75 Å². The Kier molecular flexibility index (Phi) is 6.09. The molecular weight excluding hydrogens is 411 g/mol. The van der Waals surface area contributed by atoms with Crippen molar-refractivity contribution >= 4 is 28.6 Å². The molecule has 0 bridgehead atoms. The molecule has 2 aromatic rings. The van der Waals surface area contributed by atoms with E-state index in [0.717, 1.165) is 9.13 Å². The van der Waals surface area contributed by atoms with Gasteiger partial charge in [-0.05, 0) is 64.6 Å². The fourth-order valence-corrected chi connectivity index (χ4v) is 2.43. The number of carbonyl (C=O) groups is 1. The fourth-order valence-electron chi connectivity index (χ4n) is 2.07. The van der Waals surface area contributed by atoms with Crippen LogP contribution in [0.25, 0.3) is 0 Å². The Balaban J connectivity index is 2.15. The standard InChI is InChI=1S/C17H17IO5/c1-20-14-8-11(9-15(21-2)17(14)22-3)10-16(19)23-13-6-4-12(18)5-7-13/h4-9H,10H2,1-3H3. The first-order valence-electron chi connectivity index (χ1n) is 6.82. The minimum absolute atomic E-state index is 0.0999. The third-order valence-corrected chi connectivity index (χ3v) is 3.84. The zero-order chi connectivity index (χ0) is 16.8. The van der Waals surface area contributed by atoms with Crippen LogP contribution < -0.4 is 18.9 Å². The Hall–Kier alpha value is -1.96. The van der Waals surface area contributed by atoms with Crippen LogP contribution in [-0.2, 0) is 11.2 Å². The van der Waals surface area contributed by atoms with E-state index in [2.05, 4.69) is 22.6 Å². The van der Waals surface area contributed by atoms with Crippen molar-refractivity contribution < 1.29 is 23.7 Å². The second-order valence-electron chi connectivity index (χ2n) is 4.64. The summed E-state index contributed by atoms with van der Waals surface area (Å²) in [6.07, 6.45) is 0.0999. The van der Waals surface area contributed by atoms with Crippen LogP contribution in [0.2, 0.25) is 0 Å². The van der Waals surface area contributed by atoms with Gasteiger partial charge in [0.05, 0.1) is 27.8 Å². The van der Waals surface area contributed by atoms with Crippen molar-refractivity contribution in [3.63, 3.8) is 0 Å². The molecule has 0 unspecified atom stereocenters. The maximum absolute atomic E-state index is 12.1. The van der Waals surface area contributed by atoms with E-state index in [1.165, 1.54) is 21.3 Å². The van der Waals surface area contributed by atoms with Gasteiger partial charge in [0.25, 0.3) is 0 Å². The lowest BCUT2D eigenvalue weighted by atomic mass is 10.1. The average Bonchev–Trinajstić information content (AvgIpc) is 2.55. The van der Waals surface area contributed by atoms with Gasteiger partial charge in [0, 0.05) is 3.57 Å². The second kappa shape index (κ2) is 8.05. The summed E-state index contributed by atoms with van der Waals surface area (Å²) < 4.78 is 22.2. The summed E-state index contributed by atoms with van der Waals surface area (Å²) in [5.41, 5.74) is 0.718. The van der Waals surface area contributed by atoms with Gasteiger partial charge in [-0.1, -0.05) is 0 Å². The van der Waals surface area contributed by atoms with E-state index < -0.39 is 0 Å². The van der Waals surface area contributed by atoms with E-state index in [9.17, 15) is 4.79 Å². The fraction of sp³-hybridized carbons (Fsp3) is 0.235. The number of halogens is 1. The SMILES string of the molecule is COc1cc(CC(=O)Oc2ccc(I)cc2)cc(OC)c1OC. The van der Waals surface area contributed by atoms with E-state index in [-0.39, 0.29) is 12.4 Å². The van der Waals surface area contributed by atoms with Gasteiger partial charge in [-0.2, -0.15) is 0 Å². The molecule has 0 heterocycles. The van der Waals surface area contributed by atoms with Crippen LogP contribution in [0.15, 0.2) is 36.4 Å². The molecule has 0 fully saturated rings. The Bertz CT molecular complexity index is 657. The third kappa shape index (κ3) is 4.51. The highest BCUT2D eigenvalue weighted by Crippen LogP contribution is 2.38. The van der Waals surface area contributed by atoms with Crippen LogP contribution in [0.4, 0.5) is 0 Å². The number of esters is 1. The molecule has 6 heteroatoms. The van der Waals surface area contributed by atoms with Crippen molar-refractivity contribution in [2.24, 2.45) is 0 Å². The number of benzene rings is 2. The van der Waals surface area contributed by atoms with Crippen LogP contribution in [0.5, 0.6) is 23.0 Å². The van der Waals surface area contributed by atoms with Crippen molar-refractivity contribution in [3.8, 4) is 23.0 Å². The summed E-state index contributed by atoms with van der Waals surface area (Å²) in [6, 6.07) is 10.7. The first-order valence-corrected chi connectivity index (χ1v) is 7.90. The monoisotopic (exact) mass is 428 g/mol.